The van der Waals surface area contributed by atoms with Gasteiger partial charge < -0.3 is 10.2 Å². The molecule has 1 N–H and O–H groups in total. The molecule has 0 saturated carbocycles. The minimum atomic E-state index is -0.142. The van der Waals surface area contributed by atoms with Crippen molar-refractivity contribution in [1.82, 2.24) is 10.2 Å². The number of nitrogens with zero attached hydrogens (tertiary/aromatic N) is 2. The first-order valence-corrected chi connectivity index (χ1v) is 4.13. The summed E-state index contributed by atoms with van der Waals surface area (Å²) in [6.45, 7) is 1.16. The molecule has 0 rings (SSSR count). The zero-order chi connectivity index (χ0) is 10.1. The van der Waals surface area contributed by atoms with E-state index in [0.29, 0.717) is 13.0 Å². The maximum atomic E-state index is 11.0. The second-order valence-electron chi connectivity index (χ2n) is 2.86. The summed E-state index contributed by atoms with van der Waals surface area (Å²) in [6, 6.07) is 1.95. The third-order valence-electron chi connectivity index (χ3n) is 1.28. The van der Waals surface area contributed by atoms with Crippen LogP contribution in [0.1, 0.15) is 6.42 Å². The second-order valence-corrected chi connectivity index (χ2v) is 2.86. The molecule has 0 unspecified atom stereocenters. The van der Waals surface area contributed by atoms with Crippen molar-refractivity contribution in [1.29, 1.82) is 5.26 Å². The predicted octanol–water partition coefficient (Wildman–Crippen LogP) is 0.134. The summed E-state index contributed by atoms with van der Waals surface area (Å²) >= 11 is 0. The van der Waals surface area contributed by atoms with Gasteiger partial charge in [0.15, 0.2) is 0 Å². The van der Waals surface area contributed by atoms with Gasteiger partial charge in [0.05, 0.1) is 12.5 Å². The Morgan fingerprint density at radius 2 is 2.31 bits per heavy atom. The van der Waals surface area contributed by atoms with E-state index in [-0.39, 0.29) is 5.91 Å². The first-order valence-electron chi connectivity index (χ1n) is 4.13. The Kier molecular flexibility index (Phi) is 6.56. The smallest absolute Gasteiger partial charge is 0.243 e. The van der Waals surface area contributed by atoms with Crippen molar-refractivity contribution >= 4 is 5.91 Å². The molecule has 0 spiro atoms. The largest absolute Gasteiger partial charge is 0.352 e. The highest BCUT2D eigenvalue weighted by Gasteiger charge is 1.92. The van der Waals surface area contributed by atoms with E-state index >= 15 is 0 Å². The number of carbonyl (C=O) groups is 1. The molecule has 0 fully saturated rings. The Labute approximate surface area is 78.8 Å². The van der Waals surface area contributed by atoms with E-state index in [1.54, 1.807) is 6.08 Å². The fourth-order valence-electron chi connectivity index (χ4n) is 0.671. The number of hydrogen-bond donors (Lipinski definition) is 1. The van der Waals surface area contributed by atoms with Crippen molar-refractivity contribution in [3.63, 3.8) is 0 Å². The summed E-state index contributed by atoms with van der Waals surface area (Å²) in [5, 5.41) is 10.8. The Morgan fingerprint density at radius 3 is 2.85 bits per heavy atom. The van der Waals surface area contributed by atoms with Gasteiger partial charge >= 0.3 is 0 Å². The highest BCUT2D eigenvalue weighted by Crippen LogP contribution is 1.79. The third-order valence-corrected chi connectivity index (χ3v) is 1.28. The topological polar surface area (TPSA) is 56.1 Å². The SMILES string of the molecule is CN(C)C/C=C/C(=O)NCCC#N. The van der Waals surface area contributed by atoms with Gasteiger partial charge in [-0.05, 0) is 14.1 Å². The molecule has 0 aliphatic rings. The Bertz CT molecular complexity index is 215. The summed E-state index contributed by atoms with van der Waals surface area (Å²) in [5.41, 5.74) is 0. The quantitative estimate of drug-likeness (QED) is 0.484. The molecule has 0 aliphatic heterocycles. The van der Waals surface area contributed by atoms with Gasteiger partial charge in [-0.15, -0.1) is 0 Å². The number of rotatable bonds is 5. The lowest BCUT2D eigenvalue weighted by Crippen LogP contribution is -2.22. The molecule has 13 heavy (non-hydrogen) atoms. The molecule has 0 aromatic carbocycles. The van der Waals surface area contributed by atoms with Gasteiger partial charge in [0.25, 0.3) is 0 Å². The number of nitrogens with one attached hydrogen (secondary N) is 1. The molecule has 4 nitrogen and oxygen atoms in total. The van der Waals surface area contributed by atoms with Crippen molar-refractivity contribution in [2.24, 2.45) is 0 Å². The van der Waals surface area contributed by atoms with Crippen LogP contribution in [0.5, 0.6) is 0 Å². The lowest BCUT2D eigenvalue weighted by atomic mass is 10.4. The summed E-state index contributed by atoms with van der Waals surface area (Å²) < 4.78 is 0. The average molecular weight is 181 g/mol. The molecule has 0 atom stereocenters. The van der Waals surface area contributed by atoms with Gasteiger partial charge in [0, 0.05) is 19.2 Å². The molecule has 0 heterocycles. The lowest BCUT2D eigenvalue weighted by Gasteiger charge is -2.03. The van der Waals surface area contributed by atoms with Gasteiger partial charge in [0.2, 0.25) is 5.91 Å². The van der Waals surface area contributed by atoms with Crippen LogP contribution in [-0.4, -0.2) is 38.0 Å². The number of amides is 1. The molecule has 0 bridgehead atoms. The fraction of sp³-hybridized carbons (Fsp3) is 0.556. The molecule has 0 aromatic rings. The van der Waals surface area contributed by atoms with E-state index in [9.17, 15) is 4.79 Å². The maximum absolute atomic E-state index is 11.0. The van der Waals surface area contributed by atoms with E-state index < -0.39 is 0 Å². The van der Waals surface area contributed by atoms with Crippen molar-refractivity contribution in [3.8, 4) is 6.07 Å². The van der Waals surface area contributed by atoms with Gasteiger partial charge in [-0.3, -0.25) is 4.79 Å². The van der Waals surface area contributed by atoms with Crippen molar-refractivity contribution in [2.75, 3.05) is 27.2 Å². The summed E-state index contributed by atoms with van der Waals surface area (Å²) in [4.78, 5) is 12.9. The molecule has 72 valence electrons. The minimum absolute atomic E-state index is 0.142. The highest BCUT2D eigenvalue weighted by atomic mass is 16.1. The van der Waals surface area contributed by atoms with Gasteiger partial charge in [0.1, 0.15) is 0 Å². The Balaban J connectivity index is 3.51. The first-order chi connectivity index (χ1) is 6.16. The molecular formula is C9H15N3O. The van der Waals surface area contributed by atoms with E-state index in [4.69, 9.17) is 5.26 Å². The van der Waals surface area contributed by atoms with Gasteiger partial charge in [-0.25, -0.2) is 0 Å². The predicted molar refractivity (Wildman–Crippen MR) is 50.9 cm³/mol. The zero-order valence-corrected chi connectivity index (χ0v) is 8.08. The van der Waals surface area contributed by atoms with Crippen LogP contribution in [0.3, 0.4) is 0 Å². The van der Waals surface area contributed by atoms with E-state index in [1.807, 2.05) is 25.1 Å². The molecule has 4 heteroatoms. The summed E-state index contributed by atoms with van der Waals surface area (Å²) in [7, 11) is 3.86. The molecule has 0 aliphatic carbocycles. The van der Waals surface area contributed by atoms with Crippen LogP contribution >= 0.6 is 0 Å². The number of likely N-dealkylation sites (N-methyl/N-ethyl adjacent to an activating group) is 1. The van der Waals surface area contributed by atoms with E-state index in [1.165, 1.54) is 6.08 Å². The monoisotopic (exact) mass is 181 g/mol. The van der Waals surface area contributed by atoms with Crippen molar-refractivity contribution in [2.45, 2.75) is 6.42 Å². The highest BCUT2D eigenvalue weighted by molar-refractivity contribution is 5.87. The second kappa shape index (κ2) is 7.32. The standard InChI is InChI=1S/C9H15N3O/c1-12(2)8-3-5-9(13)11-7-4-6-10/h3,5H,4,7-8H2,1-2H3,(H,11,13)/b5-3+. The van der Waals surface area contributed by atoms with Crippen LogP contribution in [0.4, 0.5) is 0 Å². The summed E-state index contributed by atoms with van der Waals surface area (Å²) in [6.07, 6.45) is 3.62. The fourth-order valence-corrected chi connectivity index (χ4v) is 0.671. The average Bonchev–Trinajstić information content (AvgIpc) is 2.04. The number of hydrogen-bond acceptors (Lipinski definition) is 3. The van der Waals surface area contributed by atoms with Gasteiger partial charge in [-0.1, -0.05) is 6.08 Å². The normalized spacial score (nSPS) is 10.3. The van der Waals surface area contributed by atoms with Crippen LogP contribution in [0, 0.1) is 11.3 Å². The van der Waals surface area contributed by atoms with Crippen LogP contribution in [0.15, 0.2) is 12.2 Å². The minimum Gasteiger partial charge on any atom is -0.352 e. The van der Waals surface area contributed by atoms with Crippen molar-refractivity contribution < 1.29 is 4.79 Å². The van der Waals surface area contributed by atoms with Crippen LogP contribution in [0.25, 0.3) is 0 Å². The molecule has 1 amide bonds. The van der Waals surface area contributed by atoms with Crippen molar-refractivity contribution in [3.05, 3.63) is 12.2 Å². The first kappa shape index (κ1) is 11.7. The van der Waals surface area contributed by atoms with Crippen LogP contribution in [0.2, 0.25) is 0 Å². The number of carbonyl (C=O) groups excluding carboxylic acids is 1. The summed E-state index contributed by atoms with van der Waals surface area (Å²) in [5.74, 6) is -0.142. The lowest BCUT2D eigenvalue weighted by molar-refractivity contribution is -0.116. The van der Waals surface area contributed by atoms with Gasteiger partial charge in [-0.2, -0.15) is 5.26 Å². The third kappa shape index (κ3) is 8.57. The molecule has 0 radical (unpaired) electrons. The Morgan fingerprint density at radius 1 is 1.62 bits per heavy atom. The molecule has 0 saturated heterocycles. The zero-order valence-electron chi connectivity index (χ0n) is 8.08. The molecular weight excluding hydrogens is 166 g/mol. The van der Waals surface area contributed by atoms with Crippen LogP contribution in [-0.2, 0) is 4.79 Å². The van der Waals surface area contributed by atoms with Crippen LogP contribution < -0.4 is 5.32 Å². The van der Waals surface area contributed by atoms with E-state index in [0.717, 1.165) is 6.54 Å². The molecule has 0 aromatic heterocycles. The van der Waals surface area contributed by atoms with E-state index in [2.05, 4.69) is 5.32 Å². The Hall–Kier alpha value is -1.34. The number of nitriles is 1. The maximum Gasteiger partial charge on any atom is 0.243 e.